The average molecular weight is 276 g/mol. The van der Waals surface area contributed by atoms with Crippen LogP contribution in [0.25, 0.3) is 0 Å². The molecule has 0 aliphatic heterocycles. The van der Waals surface area contributed by atoms with Crippen molar-refractivity contribution in [3.8, 4) is 23.7 Å². The van der Waals surface area contributed by atoms with Crippen molar-refractivity contribution in [2.75, 3.05) is 0 Å². The molecule has 0 aliphatic carbocycles. The molecule has 0 aromatic carbocycles. The molecule has 1 N–H and O–H groups in total. The molecule has 0 aromatic rings. The van der Waals surface area contributed by atoms with Crippen LogP contribution < -0.4 is 0 Å². The number of hydrogen-bond donors (Lipinski definition) is 1. The summed E-state index contributed by atoms with van der Waals surface area (Å²) in [6, 6.07) is 0. The molecular formula is C19H32O. The lowest BCUT2D eigenvalue weighted by molar-refractivity contribution is 0.143. The number of rotatable bonds is 10. The maximum absolute atomic E-state index is 9.37. The summed E-state index contributed by atoms with van der Waals surface area (Å²) in [5.74, 6) is 11.2. The zero-order valence-corrected chi connectivity index (χ0v) is 13.7. The second-order valence-electron chi connectivity index (χ2n) is 6.04. The Kier molecular flexibility index (Phi) is 12.5. The van der Waals surface area contributed by atoms with Crippen LogP contribution >= 0.6 is 0 Å². The fraction of sp³-hybridized carbons (Fsp3) is 0.789. The van der Waals surface area contributed by atoms with E-state index in [1.54, 1.807) is 13.8 Å². The molecule has 1 heteroatoms. The highest BCUT2D eigenvalue weighted by molar-refractivity contribution is 5.28. The van der Waals surface area contributed by atoms with Crippen molar-refractivity contribution in [2.45, 2.75) is 97.0 Å². The Labute approximate surface area is 126 Å². The number of aliphatic hydroxyl groups is 1. The quantitative estimate of drug-likeness (QED) is 0.436. The zero-order chi connectivity index (χ0) is 15.1. The fourth-order valence-electron chi connectivity index (χ4n) is 1.99. The topological polar surface area (TPSA) is 20.2 Å². The summed E-state index contributed by atoms with van der Waals surface area (Å²) in [6.45, 7) is 5.60. The summed E-state index contributed by atoms with van der Waals surface area (Å²) in [5, 5.41) is 9.37. The van der Waals surface area contributed by atoms with Gasteiger partial charge in [-0.05, 0) is 32.1 Å². The number of unbranched alkanes of at least 4 members (excludes halogenated alkanes) is 10. The second kappa shape index (κ2) is 13.1. The molecule has 20 heavy (non-hydrogen) atoms. The molecule has 0 unspecified atom stereocenters. The first kappa shape index (κ1) is 19.1. The van der Waals surface area contributed by atoms with Crippen LogP contribution in [0.5, 0.6) is 0 Å². The Hall–Kier alpha value is -0.920. The van der Waals surface area contributed by atoms with Gasteiger partial charge in [-0.1, -0.05) is 76.6 Å². The fourth-order valence-corrected chi connectivity index (χ4v) is 1.99. The van der Waals surface area contributed by atoms with E-state index in [0.29, 0.717) is 0 Å². The van der Waals surface area contributed by atoms with E-state index >= 15 is 0 Å². The highest BCUT2D eigenvalue weighted by Gasteiger charge is 2.04. The summed E-state index contributed by atoms with van der Waals surface area (Å²) < 4.78 is 0. The van der Waals surface area contributed by atoms with Gasteiger partial charge in [0.15, 0.2) is 0 Å². The summed E-state index contributed by atoms with van der Waals surface area (Å²) >= 11 is 0. The van der Waals surface area contributed by atoms with Crippen LogP contribution in [0.3, 0.4) is 0 Å². The summed E-state index contributed by atoms with van der Waals surface area (Å²) in [6.07, 6.45) is 14.5. The Balaban J connectivity index is 3.29. The molecule has 0 heterocycles. The molecule has 1 nitrogen and oxygen atoms in total. The van der Waals surface area contributed by atoms with Crippen molar-refractivity contribution in [1.82, 2.24) is 0 Å². The van der Waals surface area contributed by atoms with Gasteiger partial charge in [-0.3, -0.25) is 0 Å². The van der Waals surface area contributed by atoms with Crippen molar-refractivity contribution in [2.24, 2.45) is 0 Å². The van der Waals surface area contributed by atoms with Crippen molar-refractivity contribution in [1.29, 1.82) is 0 Å². The summed E-state index contributed by atoms with van der Waals surface area (Å²) in [5.41, 5.74) is -0.925. The SMILES string of the molecule is CCCCCCCCCCCCC#CC#CC(C)(C)O. The molecule has 0 bridgehead atoms. The van der Waals surface area contributed by atoms with Crippen LogP contribution in [0, 0.1) is 23.7 Å². The lowest BCUT2D eigenvalue weighted by Crippen LogP contribution is -2.14. The van der Waals surface area contributed by atoms with Gasteiger partial charge < -0.3 is 5.11 Å². The van der Waals surface area contributed by atoms with E-state index in [0.717, 1.165) is 6.42 Å². The van der Waals surface area contributed by atoms with Gasteiger partial charge in [0.1, 0.15) is 5.60 Å². The molecule has 114 valence electrons. The van der Waals surface area contributed by atoms with Gasteiger partial charge in [-0.25, -0.2) is 0 Å². The largest absolute Gasteiger partial charge is 0.378 e. The third-order valence-electron chi connectivity index (χ3n) is 3.17. The first-order valence-electron chi connectivity index (χ1n) is 8.28. The van der Waals surface area contributed by atoms with E-state index in [1.807, 2.05) is 0 Å². The standard InChI is InChI=1S/C19H32O/c1-4-5-6-7-8-9-10-11-12-13-14-15-16-17-18-19(2,3)20/h20H,4-14H2,1-3H3. The van der Waals surface area contributed by atoms with E-state index in [1.165, 1.54) is 64.2 Å². The zero-order valence-electron chi connectivity index (χ0n) is 13.7. The maximum atomic E-state index is 9.37. The van der Waals surface area contributed by atoms with Gasteiger partial charge in [-0.2, -0.15) is 0 Å². The minimum Gasteiger partial charge on any atom is -0.378 e. The smallest absolute Gasteiger partial charge is 0.120 e. The molecule has 0 aliphatic rings. The van der Waals surface area contributed by atoms with Crippen LogP contribution in [0.2, 0.25) is 0 Å². The highest BCUT2D eigenvalue weighted by Crippen LogP contribution is 2.10. The van der Waals surface area contributed by atoms with Gasteiger partial charge in [0, 0.05) is 6.42 Å². The Morgan fingerprint density at radius 2 is 1.25 bits per heavy atom. The van der Waals surface area contributed by atoms with Crippen LogP contribution in [-0.4, -0.2) is 10.7 Å². The minimum absolute atomic E-state index is 0.925. The van der Waals surface area contributed by atoms with Gasteiger partial charge in [-0.15, -0.1) is 0 Å². The van der Waals surface area contributed by atoms with Crippen molar-refractivity contribution in [3.05, 3.63) is 0 Å². The molecule has 0 spiro atoms. The second-order valence-corrected chi connectivity index (χ2v) is 6.04. The lowest BCUT2D eigenvalue weighted by atomic mass is 10.1. The molecule has 0 saturated heterocycles. The van der Waals surface area contributed by atoms with Crippen LogP contribution in [0.15, 0.2) is 0 Å². The van der Waals surface area contributed by atoms with Crippen molar-refractivity contribution < 1.29 is 5.11 Å². The predicted octanol–water partition coefficient (Wildman–Crippen LogP) is 5.08. The third-order valence-corrected chi connectivity index (χ3v) is 3.17. The highest BCUT2D eigenvalue weighted by atomic mass is 16.3. The first-order valence-corrected chi connectivity index (χ1v) is 8.28. The monoisotopic (exact) mass is 276 g/mol. The lowest BCUT2D eigenvalue weighted by Gasteiger charge is -2.04. The van der Waals surface area contributed by atoms with E-state index in [-0.39, 0.29) is 0 Å². The molecule has 0 radical (unpaired) electrons. The van der Waals surface area contributed by atoms with Gasteiger partial charge >= 0.3 is 0 Å². The average Bonchev–Trinajstić information content (AvgIpc) is 2.38. The summed E-state index contributed by atoms with van der Waals surface area (Å²) in [4.78, 5) is 0. The maximum Gasteiger partial charge on any atom is 0.120 e. The van der Waals surface area contributed by atoms with Gasteiger partial charge in [0.05, 0.1) is 0 Å². The Morgan fingerprint density at radius 3 is 1.75 bits per heavy atom. The molecule has 0 fully saturated rings. The van der Waals surface area contributed by atoms with E-state index in [4.69, 9.17) is 0 Å². The molecular weight excluding hydrogens is 244 g/mol. The minimum atomic E-state index is -0.925. The molecule has 0 rings (SSSR count). The third kappa shape index (κ3) is 17.1. The number of hydrogen-bond acceptors (Lipinski definition) is 1. The molecule has 0 aromatic heterocycles. The van der Waals surface area contributed by atoms with Gasteiger partial charge in [0.2, 0.25) is 0 Å². The Morgan fingerprint density at radius 1 is 0.750 bits per heavy atom. The van der Waals surface area contributed by atoms with Crippen molar-refractivity contribution >= 4 is 0 Å². The molecule has 0 saturated carbocycles. The van der Waals surface area contributed by atoms with E-state index < -0.39 is 5.60 Å². The van der Waals surface area contributed by atoms with Crippen molar-refractivity contribution in [3.63, 3.8) is 0 Å². The van der Waals surface area contributed by atoms with E-state index in [9.17, 15) is 5.11 Å². The van der Waals surface area contributed by atoms with Crippen LogP contribution in [0.4, 0.5) is 0 Å². The first-order chi connectivity index (χ1) is 9.56. The molecule has 0 amide bonds. The van der Waals surface area contributed by atoms with Gasteiger partial charge in [0.25, 0.3) is 0 Å². The normalized spacial score (nSPS) is 10.4. The summed E-state index contributed by atoms with van der Waals surface area (Å²) in [7, 11) is 0. The van der Waals surface area contributed by atoms with Crippen LogP contribution in [-0.2, 0) is 0 Å². The van der Waals surface area contributed by atoms with E-state index in [2.05, 4.69) is 30.6 Å². The predicted molar refractivity (Wildman–Crippen MR) is 88.3 cm³/mol. The molecule has 0 atom stereocenters. The van der Waals surface area contributed by atoms with Crippen LogP contribution in [0.1, 0.15) is 91.4 Å². The Bertz CT molecular complexity index is 327.